The SMILES string of the molecule is CC(NCc1ccc(S(C)=O)cc1)C(O)c1c(F)cccc1F. The van der Waals surface area contributed by atoms with E-state index < -0.39 is 34.6 Å². The van der Waals surface area contributed by atoms with Gasteiger partial charge in [-0.1, -0.05) is 18.2 Å². The number of benzene rings is 2. The van der Waals surface area contributed by atoms with E-state index in [1.807, 2.05) is 12.1 Å². The van der Waals surface area contributed by atoms with Gasteiger partial charge in [-0.3, -0.25) is 4.21 Å². The van der Waals surface area contributed by atoms with Crippen LogP contribution < -0.4 is 5.32 Å². The van der Waals surface area contributed by atoms with Crippen molar-refractivity contribution < 1.29 is 18.1 Å². The fraction of sp³-hybridized carbons (Fsp3) is 0.294. The van der Waals surface area contributed by atoms with Crippen LogP contribution in [0.3, 0.4) is 0 Å². The van der Waals surface area contributed by atoms with Gasteiger partial charge in [-0.2, -0.15) is 0 Å². The average molecular weight is 339 g/mol. The molecule has 6 heteroatoms. The second-order valence-electron chi connectivity index (χ2n) is 5.35. The lowest BCUT2D eigenvalue weighted by Crippen LogP contribution is -2.32. The van der Waals surface area contributed by atoms with Crippen LogP contribution in [0.1, 0.15) is 24.2 Å². The summed E-state index contributed by atoms with van der Waals surface area (Å²) < 4.78 is 38.7. The third-order valence-corrected chi connectivity index (χ3v) is 4.59. The van der Waals surface area contributed by atoms with Gasteiger partial charge in [-0.05, 0) is 36.8 Å². The highest BCUT2D eigenvalue weighted by Gasteiger charge is 2.23. The van der Waals surface area contributed by atoms with Crippen molar-refractivity contribution in [3.05, 3.63) is 65.2 Å². The maximum absolute atomic E-state index is 13.7. The molecule has 0 aromatic heterocycles. The zero-order chi connectivity index (χ0) is 17.0. The molecule has 0 amide bonds. The number of aliphatic hydroxyl groups is 1. The predicted octanol–water partition coefficient (Wildman–Crippen LogP) is 2.91. The maximum Gasteiger partial charge on any atom is 0.132 e. The Hall–Kier alpha value is -1.63. The highest BCUT2D eigenvalue weighted by Crippen LogP contribution is 2.23. The minimum Gasteiger partial charge on any atom is -0.387 e. The van der Waals surface area contributed by atoms with Gasteiger partial charge in [0.1, 0.15) is 11.6 Å². The van der Waals surface area contributed by atoms with Crippen molar-refractivity contribution in [1.82, 2.24) is 5.32 Å². The van der Waals surface area contributed by atoms with E-state index in [0.29, 0.717) is 6.54 Å². The Morgan fingerprint density at radius 2 is 1.70 bits per heavy atom. The van der Waals surface area contributed by atoms with Crippen LogP contribution in [0.5, 0.6) is 0 Å². The van der Waals surface area contributed by atoms with Crippen molar-refractivity contribution in [3.8, 4) is 0 Å². The highest BCUT2D eigenvalue weighted by molar-refractivity contribution is 7.84. The first-order valence-electron chi connectivity index (χ1n) is 7.18. The highest BCUT2D eigenvalue weighted by atomic mass is 32.2. The minimum absolute atomic E-state index is 0.329. The van der Waals surface area contributed by atoms with Crippen LogP contribution in [0.2, 0.25) is 0 Å². The van der Waals surface area contributed by atoms with Gasteiger partial charge in [0.15, 0.2) is 0 Å². The van der Waals surface area contributed by atoms with Gasteiger partial charge < -0.3 is 10.4 Å². The van der Waals surface area contributed by atoms with Gasteiger partial charge in [0.05, 0.1) is 11.7 Å². The van der Waals surface area contributed by atoms with Crippen LogP contribution in [0.4, 0.5) is 8.78 Å². The molecule has 3 nitrogen and oxygen atoms in total. The summed E-state index contributed by atoms with van der Waals surface area (Å²) in [6, 6.07) is 10.2. The van der Waals surface area contributed by atoms with Crippen LogP contribution >= 0.6 is 0 Å². The van der Waals surface area contributed by atoms with Crippen LogP contribution in [-0.2, 0) is 17.3 Å². The second kappa shape index (κ2) is 7.77. The summed E-state index contributed by atoms with van der Waals surface area (Å²) in [5, 5.41) is 13.2. The number of aliphatic hydroxyl groups excluding tert-OH is 1. The van der Waals surface area contributed by atoms with Crippen molar-refractivity contribution in [2.24, 2.45) is 0 Å². The summed E-state index contributed by atoms with van der Waals surface area (Å²) in [6.45, 7) is 2.08. The Morgan fingerprint density at radius 1 is 1.13 bits per heavy atom. The lowest BCUT2D eigenvalue weighted by molar-refractivity contribution is 0.127. The number of hydrogen-bond donors (Lipinski definition) is 2. The van der Waals surface area contributed by atoms with Gasteiger partial charge in [0, 0.05) is 34.5 Å². The smallest absolute Gasteiger partial charge is 0.132 e. The first kappa shape index (κ1) is 17.7. The Kier molecular flexibility index (Phi) is 5.98. The van der Waals surface area contributed by atoms with Crippen molar-refractivity contribution in [2.75, 3.05) is 6.26 Å². The van der Waals surface area contributed by atoms with Crippen LogP contribution in [-0.4, -0.2) is 21.6 Å². The average Bonchev–Trinajstić information content (AvgIpc) is 2.52. The van der Waals surface area contributed by atoms with Crippen molar-refractivity contribution in [3.63, 3.8) is 0 Å². The predicted molar refractivity (Wildman–Crippen MR) is 86.4 cm³/mol. The van der Waals surface area contributed by atoms with Gasteiger partial charge in [-0.25, -0.2) is 8.78 Å². The number of hydrogen-bond acceptors (Lipinski definition) is 3. The van der Waals surface area contributed by atoms with E-state index in [2.05, 4.69) is 5.32 Å². The van der Waals surface area contributed by atoms with E-state index in [4.69, 9.17) is 0 Å². The van der Waals surface area contributed by atoms with Gasteiger partial charge in [0.25, 0.3) is 0 Å². The quantitative estimate of drug-likeness (QED) is 0.851. The summed E-state index contributed by atoms with van der Waals surface area (Å²) in [4.78, 5) is 0.732. The lowest BCUT2D eigenvalue weighted by atomic mass is 10.0. The summed E-state index contributed by atoms with van der Waals surface area (Å²) in [5.41, 5.74) is 0.594. The molecule has 0 aliphatic rings. The topological polar surface area (TPSA) is 49.3 Å². The zero-order valence-corrected chi connectivity index (χ0v) is 13.7. The fourth-order valence-electron chi connectivity index (χ4n) is 2.23. The van der Waals surface area contributed by atoms with Gasteiger partial charge in [-0.15, -0.1) is 0 Å². The van der Waals surface area contributed by atoms with E-state index in [9.17, 15) is 18.1 Å². The van der Waals surface area contributed by atoms with Crippen molar-refractivity contribution in [1.29, 1.82) is 0 Å². The Bertz CT molecular complexity index is 671. The monoisotopic (exact) mass is 339 g/mol. The molecule has 3 unspecified atom stereocenters. The maximum atomic E-state index is 13.7. The summed E-state index contributed by atoms with van der Waals surface area (Å²) in [7, 11) is -1.03. The van der Waals surface area contributed by atoms with Crippen molar-refractivity contribution in [2.45, 2.75) is 30.5 Å². The molecule has 0 spiro atoms. The molecule has 2 rings (SSSR count). The molecule has 2 aromatic rings. The lowest BCUT2D eigenvalue weighted by Gasteiger charge is -2.21. The molecule has 0 heterocycles. The molecule has 0 aliphatic heterocycles. The van der Waals surface area contributed by atoms with E-state index in [0.717, 1.165) is 22.6 Å². The third-order valence-electron chi connectivity index (χ3n) is 3.65. The zero-order valence-electron chi connectivity index (χ0n) is 12.9. The summed E-state index contributed by atoms with van der Waals surface area (Å²) >= 11 is 0. The first-order chi connectivity index (χ1) is 10.9. The second-order valence-corrected chi connectivity index (χ2v) is 6.73. The summed E-state index contributed by atoms with van der Waals surface area (Å²) in [5.74, 6) is -1.53. The molecular weight excluding hydrogens is 320 g/mol. The molecular formula is C17H19F2NO2S. The summed E-state index contributed by atoms with van der Waals surface area (Å²) in [6.07, 6.45) is 0.313. The van der Waals surface area contributed by atoms with E-state index in [1.165, 1.54) is 6.07 Å². The van der Waals surface area contributed by atoms with E-state index in [1.54, 1.807) is 25.3 Å². The third kappa shape index (κ3) is 4.43. The minimum atomic E-state index is -1.29. The number of rotatable bonds is 6. The van der Waals surface area contributed by atoms with E-state index in [-0.39, 0.29) is 5.56 Å². The molecule has 2 N–H and O–H groups in total. The molecule has 0 saturated carbocycles. The molecule has 2 aromatic carbocycles. The Labute approximate surface area is 136 Å². The van der Waals surface area contributed by atoms with Crippen LogP contribution in [0.15, 0.2) is 47.4 Å². The largest absolute Gasteiger partial charge is 0.387 e. The molecule has 0 aliphatic carbocycles. The molecule has 0 saturated heterocycles. The fourth-order valence-corrected chi connectivity index (χ4v) is 2.75. The molecule has 0 bridgehead atoms. The Morgan fingerprint density at radius 3 is 2.22 bits per heavy atom. The van der Waals surface area contributed by atoms with Gasteiger partial charge in [0.2, 0.25) is 0 Å². The van der Waals surface area contributed by atoms with E-state index >= 15 is 0 Å². The van der Waals surface area contributed by atoms with Crippen molar-refractivity contribution >= 4 is 10.8 Å². The number of halogens is 2. The molecule has 23 heavy (non-hydrogen) atoms. The standard InChI is InChI=1S/C17H19F2NO2S/c1-11(17(21)16-14(18)4-3-5-15(16)19)20-10-12-6-8-13(9-7-12)23(2)22/h3-9,11,17,20-21H,10H2,1-2H3. The van der Waals surface area contributed by atoms with Crippen LogP contribution in [0.25, 0.3) is 0 Å². The number of nitrogens with one attached hydrogen (secondary N) is 1. The molecule has 0 radical (unpaired) electrons. The molecule has 3 atom stereocenters. The molecule has 124 valence electrons. The first-order valence-corrected chi connectivity index (χ1v) is 8.73. The molecule has 0 fully saturated rings. The van der Waals surface area contributed by atoms with Crippen LogP contribution in [0, 0.1) is 11.6 Å². The van der Waals surface area contributed by atoms with Gasteiger partial charge >= 0.3 is 0 Å². The normalized spacial score (nSPS) is 15.2. The Balaban J connectivity index is 2.01.